The maximum Gasteiger partial charge on any atom is 0.115 e. The van der Waals surface area contributed by atoms with Gasteiger partial charge in [0.15, 0.2) is 0 Å². The SMILES string of the molecule is Oc1ccc(/N=N/c2cccc(/N=N/c3ccc(O)cc3)c2)cc1. The predicted octanol–water partition coefficient (Wildman–Crippen LogP) is 5.93. The van der Waals surface area contributed by atoms with E-state index in [9.17, 15) is 10.2 Å². The molecule has 6 nitrogen and oxygen atoms in total. The fourth-order valence-corrected chi connectivity index (χ4v) is 1.89. The standard InChI is InChI=1S/C18H14N4O2/c23-17-8-4-13(5-9-17)19-21-15-2-1-3-16(12-15)22-20-14-6-10-18(24)11-7-14/h1-12,23-24H/b21-19+,22-20+. The lowest BCUT2D eigenvalue weighted by molar-refractivity contribution is 0.475. The summed E-state index contributed by atoms with van der Waals surface area (Å²) >= 11 is 0. The molecule has 24 heavy (non-hydrogen) atoms. The van der Waals surface area contributed by atoms with Crippen molar-refractivity contribution in [2.24, 2.45) is 20.5 Å². The zero-order chi connectivity index (χ0) is 16.8. The van der Waals surface area contributed by atoms with Gasteiger partial charge in [0.05, 0.1) is 22.7 Å². The van der Waals surface area contributed by atoms with E-state index in [1.807, 2.05) is 18.2 Å². The van der Waals surface area contributed by atoms with Crippen LogP contribution < -0.4 is 0 Å². The minimum Gasteiger partial charge on any atom is -0.508 e. The van der Waals surface area contributed by atoms with E-state index in [-0.39, 0.29) is 11.5 Å². The first-order valence-electron chi connectivity index (χ1n) is 7.21. The van der Waals surface area contributed by atoms with Crippen molar-refractivity contribution >= 4 is 22.7 Å². The number of hydrogen-bond acceptors (Lipinski definition) is 6. The highest BCUT2D eigenvalue weighted by atomic mass is 16.3. The summed E-state index contributed by atoms with van der Waals surface area (Å²) < 4.78 is 0. The first-order valence-corrected chi connectivity index (χ1v) is 7.21. The number of hydrogen-bond donors (Lipinski definition) is 2. The topological polar surface area (TPSA) is 89.9 Å². The Labute approximate surface area is 138 Å². The summed E-state index contributed by atoms with van der Waals surface area (Å²) in [7, 11) is 0. The second-order valence-corrected chi connectivity index (χ2v) is 4.95. The van der Waals surface area contributed by atoms with Crippen LogP contribution in [0.15, 0.2) is 93.3 Å². The molecule has 0 bridgehead atoms. The highest BCUT2D eigenvalue weighted by Gasteiger charge is 1.96. The van der Waals surface area contributed by atoms with Gasteiger partial charge < -0.3 is 10.2 Å². The number of phenols is 2. The highest BCUT2D eigenvalue weighted by Crippen LogP contribution is 2.25. The minimum atomic E-state index is 0.186. The van der Waals surface area contributed by atoms with Gasteiger partial charge in [-0.25, -0.2) is 0 Å². The first kappa shape index (κ1) is 15.4. The summed E-state index contributed by atoms with van der Waals surface area (Å²) in [6.45, 7) is 0. The second kappa shape index (κ2) is 7.15. The van der Waals surface area contributed by atoms with E-state index in [0.717, 1.165) is 0 Å². The van der Waals surface area contributed by atoms with Gasteiger partial charge in [-0.1, -0.05) is 6.07 Å². The fraction of sp³-hybridized carbons (Fsp3) is 0. The first-order chi connectivity index (χ1) is 11.7. The van der Waals surface area contributed by atoms with Crippen LogP contribution in [-0.4, -0.2) is 10.2 Å². The van der Waals surface area contributed by atoms with Gasteiger partial charge in [-0.2, -0.15) is 20.5 Å². The van der Waals surface area contributed by atoms with Crippen molar-refractivity contribution in [1.82, 2.24) is 0 Å². The Balaban J connectivity index is 1.74. The summed E-state index contributed by atoms with van der Waals surface area (Å²) in [5.74, 6) is 0.371. The number of azo groups is 2. The van der Waals surface area contributed by atoms with E-state index in [1.54, 1.807) is 54.6 Å². The fourth-order valence-electron chi connectivity index (χ4n) is 1.89. The molecule has 0 heterocycles. The molecular weight excluding hydrogens is 304 g/mol. The Kier molecular flexibility index (Phi) is 4.57. The normalized spacial score (nSPS) is 11.3. The Hall–Kier alpha value is -3.54. The highest BCUT2D eigenvalue weighted by molar-refractivity contribution is 5.51. The molecule has 2 N–H and O–H groups in total. The van der Waals surface area contributed by atoms with E-state index in [1.165, 1.54) is 0 Å². The molecule has 6 heteroatoms. The van der Waals surface area contributed by atoms with Crippen LogP contribution in [0.25, 0.3) is 0 Å². The molecule has 0 aliphatic heterocycles. The summed E-state index contributed by atoms with van der Waals surface area (Å²) in [6, 6.07) is 20.1. The number of rotatable bonds is 4. The quantitative estimate of drug-likeness (QED) is 0.584. The summed E-state index contributed by atoms with van der Waals surface area (Å²) in [4.78, 5) is 0. The summed E-state index contributed by atoms with van der Waals surface area (Å²) in [6.07, 6.45) is 0. The number of benzene rings is 3. The van der Waals surface area contributed by atoms with Crippen LogP contribution in [0.1, 0.15) is 0 Å². The molecule has 0 saturated carbocycles. The summed E-state index contributed by atoms with van der Waals surface area (Å²) in [5, 5.41) is 35.0. The molecule has 0 fully saturated rings. The zero-order valence-electron chi connectivity index (χ0n) is 12.6. The lowest BCUT2D eigenvalue weighted by Gasteiger charge is -1.96. The predicted molar refractivity (Wildman–Crippen MR) is 91.0 cm³/mol. The molecule has 3 aromatic carbocycles. The Morgan fingerprint density at radius 1 is 0.458 bits per heavy atom. The molecular formula is C18H14N4O2. The van der Waals surface area contributed by atoms with Gasteiger partial charge in [0.2, 0.25) is 0 Å². The van der Waals surface area contributed by atoms with Crippen LogP contribution in [0.5, 0.6) is 11.5 Å². The van der Waals surface area contributed by atoms with Gasteiger partial charge in [-0.3, -0.25) is 0 Å². The number of aromatic hydroxyl groups is 2. The molecule has 0 radical (unpaired) electrons. The average molecular weight is 318 g/mol. The second-order valence-electron chi connectivity index (χ2n) is 4.95. The smallest absolute Gasteiger partial charge is 0.115 e. The third-order valence-electron chi connectivity index (χ3n) is 3.09. The van der Waals surface area contributed by atoms with Crippen molar-refractivity contribution < 1.29 is 10.2 Å². The Morgan fingerprint density at radius 3 is 1.25 bits per heavy atom. The molecule has 0 spiro atoms. The molecule has 0 amide bonds. The molecule has 3 aromatic rings. The average Bonchev–Trinajstić information content (AvgIpc) is 2.61. The largest absolute Gasteiger partial charge is 0.508 e. The van der Waals surface area contributed by atoms with E-state index in [4.69, 9.17) is 0 Å². The molecule has 0 saturated heterocycles. The van der Waals surface area contributed by atoms with Crippen molar-refractivity contribution in [1.29, 1.82) is 0 Å². The van der Waals surface area contributed by atoms with Crippen LogP contribution in [0.4, 0.5) is 22.7 Å². The van der Waals surface area contributed by atoms with E-state index < -0.39 is 0 Å². The van der Waals surface area contributed by atoms with E-state index >= 15 is 0 Å². The lowest BCUT2D eigenvalue weighted by Crippen LogP contribution is -1.67. The molecule has 0 aliphatic rings. The van der Waals surface area contributed by atoms with Crippen molar-refractivity contribution in [3.05, 3.63) is 72.8 Å². The minimum absolute atomic E-state index is 0.186. The monoisotopic (exact) mass is 318 g/mol. The summed E-state index contributed by atoms with van der Waals surface area (Å²) in [5.41, 5.74) is 2.57. The van der Waals surface area contributed by atoms with Crippen molar-refractivity contribution in [2.75, 3.05) is 0 Å². The maximum atomic E-state index is 9.24. The van der Waals surface area contributed by atoms with Crippen molar-refractivity contribution in [2.45, 2.75) is 0 Å². The molecule has 118 valence electrons. The number of phenolic OH excluding ortho intramolecular Hbond substituents is 2. The molecule has 0 atom stereocenters. The van der Waals surface area contributed by atoms with E-state index in [2.05, 4.69) is 20.5 Å². The van der Waals surface area contributed by atoms with E-state index in [0.29, 0.717) is 22.7 Å². The van der Waals surface area contributed by atoms with Crippen molar-refractivity contribution in [3.8, 4) is 11.5 Å². The van der Waals surface area contributed by atoms with Crippen LogP contribution in [0, 0.1) is 0 Å². The third-order valence-corrected chi connectivity index (χ3v) is 3.09. The van der Waals surface area contributed by atoms with Gasteiger partial charge in [0.1, 0.15) is 11.5 Å². The van der Waals surface area contributed by atoms with Gasteiger partial charge in [0.25, 0.3) is 0 Å². The number of nitrogens with zero attached hydrogens (tertiary/aromatic N) is 4. The third kappa shape index (κ3) is 4.23. The maximum absolute atomic E-state index is 9.24. The van der Waals surface area contributed by atoms with Gasteiger partial charge in [0, 0.05) is 0 Å². The van der Waals surface area contributed by atoms with Gasteiger partial charge in [-0.05, 0) is 66.7 Å². The van der Waals surface area contributed by atoms with Crippen LogP contribution in [0.2, 0.25) is 0 Å². The van der Waals surface area contributed by atoms with Gasteiger partial charge in [-0.15, -0.1) is 0 Å². The zero-order valence-corrected chi connectivity index (χ0v) is 12.6. The Bertz CT molecular complexity index is 802. The molecule has 0 aromatic heterocycles. The van der Waals surface area contributed by atoms with Crippen LogP contribution >= 0.6 is 0 Å². The molecule has 0 unspecified atom stereocenters. The van der Waals surface area contributed by atoms with Gasteiger partial charge >= 0.3 is 0 Å². The molecule has 0 aliphatic carbocycles. The lowest BCUT2D eigenvalue weighted by atomic mass is 10.3. The molecule has 3 rings (SSSR count). The van der Waals surface area contributed by atoms with Crippen LogP contribution in [-0.2, 0) is 0 Å². The Morgan fingerprint density at radius 2 is 0.833 bits per heavy atom. The van der Waals surface area contributed by atoms with Crippen molar-refractivity contribution in [3.63, 3.8) is 0 Å². The van der Waals surface area contributed by atoms with Crippen LogP contribution in [0.3, 0.4) is 0 Å².